The summed E-state index contributed by atoms with van der Waals surface area (Å²) in [6.07, 6.45) is 0.194. The van der Waals surface area contributed by atoms with Gasteiger partial charge in [-0.15, -0.1) is 0 Å². The highest BCUT2D eigenvalue weighted by Gasteiger charge is 2.34. The van der Waals surface area contributed by atoms with Crippen molar-refractivity contribution in [1.29, 1.82) is 0 Å². The van der Waals surface area contributed by atoms with Crippen LogP contribution in [0.1, 0.15) is 6.42 Å². The largest absolute Gasteiger partial charge is 0.396 e. The van der Waals surface area contributed by atoms with Crippen molar-refractivity contribution in [3.8, 4) is 0 Å². The normalized spacial score (nSPS) is 12.4. The minimum Gasteiger partial charge on any atom is -0.396 e. The highest BCUT2D eigenvalue weighted by atomic mass is 16.3. The molecule has 6 nitrogen and oxygen atoms in total. The second-order valence-corrected chi connectivity index (χ2v) is 3.45. The van der Waals surface area contributed by atoms with Gasteiger partial charge in [0.25, 0.3) is 0 Å². The van der Waals surface area contributed by atoms with Crippen LogP contribution in [-0.2, 0) is 0 Å². The second-order valence-electron chi connectivity index (χ2n) is 3.45. The van der Waals surface area contributed by atoms with Crippen LogP contribution in [0.25, 0.3) is 0 Å². The monoisotopic (exact) mass is 223 g/mol. The van der Waals surface area contributed by atoms with Gasteiger partial charge >= 0.3 is 0 Å². The van der Waals surface area contributed by atoms with Gasteiger partial charge in [0.05, 0.1) is 32.0 Å². The Morgan fingerprint density at radius 2 is 1.20 bits per heavy atom. The van der Waals surface area contributed by atoms with Crippen molar-refractivity contribution in [2.45, 2.75) is 12.0 Å². The van der Waals surface area contributed by atoms with E-state index in [1.165, 1.54) is 0 Å². The van der Waals surface area contributed by atoms with Crippen LogP contribution < -0.4 is 0 Å². The molecule has 0 spiro atoms. The highest BCUT2D eigenvalue weighted by molar-refractivity contribution is 4.89. The van der Waals surface area contributed by atoms with E-state index in [0.29, 0.717) is 0 Å². The lowest BCUT2D eigenvalue weighted by molar-refractivity contribution is -0.0406. The van der Waals surface area contributed by atoms with Crippen molar-refractivity contribution in [3.63, 3.8) is 0 Å². The third-order valence-electron chi connectivity index (χ3n) is 2.58. The van der Waals surface area contributed by atoms with E-state index in [0.717, 1.165) is 0 Å². The fourth-order valence-corrected chi connectivity index (χ4v) is 1.60. The predicted octanol–water partition coefficient (Wildman–Crippen LogP) is -2.62. The summed E-state index contributed by atoms with van der Waals surface area (Å²) < 4.78 is 0. The van der Waals surface area contributed by atoms with Crippen LogP contribution in [0, 0.1) is 0 Å². The molecule has 0 fully saturated rings. The molecule has 0 bridgehead atoms. The predicted molar refractivity (Wildman–Crippen MR) is 54.4 cm³/mol. The number of hydrogen-bond donors (Lipinski definition) is 5. The molecule has 0 aliphatic rings. The first kappa shape index (κ1) is 14.8. The molecule has 5 N–H and O–H groups in total. The van der Waals surface area contributed by atoms with Crippen molar-refractivity contribution >= 4 is 0 Å². The Bertz CT molecular complexity index is 145. The standard InChI is InChI=1S/C9H21NO5/c11-4-1-9(7-14,8-15)10(2-5-12)3-6-13/h11-15H,1-8H2. The number of aliphatic hydroxyl groups is 5. The maximum atomic E-state index is 9.26. The van der Waals surface area contributed by atoms with Gasteiger partial charge in [0.15, 0.2) is 0 Å². The molecule has 0 aromatic heterocycles. The molecule has 0 atom stereocenters. The lowest BCUT2D eigenvalue weighted by atomic mass is 9.95. The van der Waals surface area contributed by atoms with Crippen LogP contribution in [0.2, 0.25) is 0 Å². The van der Waals surface area contributed by atoms with E-state index in [1.807, 2.05) is 0 Å². The molecule has 0 rings (SSSR count). The van der Waals surface area contributed by atoms with Gasteiger partial charge in [-0.2, -0.15) is 0 Å². The van der Waals surface area contributed by atoms with E-state index in [1.54, 1.807) is 4.90 Å². The molecule has 0 radical (unpaired) electrons. The zero-order valence-corrected chi connectivity index (χ0v) is 8.84. The smallest absolute Gasteiger partial charge is 0.0696 e. The Morgan fingerprint density at radius 1 is 0.733 bits per heavy atom. The first-order valence-electron chi connectivity index (χ1n) is 5.00. The molecule has 15 heavy (non-hydrogen) atoms. The van der Waals surface area contributed by atoms with E-state index in [4.69, 9.17) is 15.3 Å². The molecule has 0 heterocycles. The Labute approximate surface area is 89.4 Å². The lowest BCUT2D eigenvalue weighted by Gasteiger charge is -2.40. The van der Waals surface area contributed by atoms with Crippen LogP contribution in [0.3, 0.4) is 0 Å². The van der Waals surface area contributed by atoms with Crippen LogP contribution in [0.4, 0.5) is 0 Å². The van der Waals surface area contributed by atoms with E-state index in [-0.39, 0.29) is 52.5 Å². The molecule has 0 saturated heterocycles. The maximum absolute atomic E-state index is 9.26. The number of hydrogen-bond acceptors (Lipinski definition) is 6. The fourth-order valence-electron chi connectivity index (χ4n) is 1.60. The third-order valence-corrected chi connectivity index (χ3v) is 2.58. The fraction of sp³-hybridized carbons (Fsp3) is 1.00. The SMILES string of the molecule is OCCN(CCO)C(CO)(CO)CCO. The molecule has 0 amide bonds. The van der Waals surface area contributed by atoms with Gasteiger partial charge in [-0.3, -0.25) is 4.90 Å². The minimum absolute atomic E-state index is 0.132. The molecule has 92 valence electrons. The molecular weight excluding hydrogens is 202 g/mol. The lowest BCUT2D eigenvalue weighted by Crippen LogP contribution is -2.56. The Hall–Kier alpha value is -0.240. The molecule has 0 aliphatic heterocycles. The number of nitrogens with zero attached hydrogens (tertiary/aromatic N) is 1. The molecule has 6 heteroatoms. The van der Waals surface area contributed by atoms with Crippen LogP contribution in [0.15, 0.2) is 0 Å². The van der Waals surface area contributed by atoms with Crippen LogP contribution in [0.5, 0.6) is 0 Å². The molecular formula is C9H21NO5. The van der Waals surface area contributed by atoms with E-state index in [9.17, 15) is 10.2 Å². The van der Waals surface area contributed by atoms with Crippen molar-refractivity contribution < 1.29 is 25.5 Å². The number of rotatable bonds is 9. The quantitative estimate of drug-likeness (QED) is 0.293. The molecule has 0 aliphatic carbocycles. The van der Waals surface area contributed by atoms with Crippen LogP contribution >= 0.6 is 0 Å². The van der Waals surface area contributed by atoms with Crippen molar-refractivity contribution in [2.75, 3.05) is 46.1 Å². The summed E-state index contributed by atoms with van der Waals surface area (Å²) in [4.78, 5) is 1.59. The van der Waals surface area contributed by atoms with Crippen molar-refractivity contribution in [1.82, 2.24) is 4.90 Å². The zero-order chi connectivity index (χ0) is 11.7. The summed E-state index contributed by atoms with van der Waals surface area (Å²) in [5, 5.41) is 45.1. The van der Waals surface area contributed by atoms with E-state index >= 15 is 0 Å². The average molecular weight is 223 g/mol. The van der Waals surface area contributed by atoms with Gasteiger partial charge in [0, 0.05) is 19.7 Å². The Balaban J connectivity index is 4.62. The molecule has 0 saturated carbocycles. The topological polar surface area (TPSA) is 104 Å². The zero-order valence-electron chi connectivity index (χ0n) is 8.84. The summed E-state index contributed by atoms with van der Waals surface area (Å²) in [5.74, 6) is 0. The Kier molecular flexibility index (Phi) is 7.85. The first-order valence-corrected chi connectivity index (χ1v) is 5.00. The van der Waals surface area contributed by atoms with Crippen LogP contribution in [-0.4, -0.2) is 82.1 Å². The van der Waals surface area contributed by atoms with Gasteiger partial charge in [-0.05, 0) is 6.42 Å². The third kappa shape index (κ3) is 4.02. The maximum Gasteiger partial charge on any atom is 0.0696 e. The minimum atomic E-state index is -0.972. The highest BCUT2D eigenvalue weighted by Crippen LogP contribution is 2.18. The van der Waals surface area contributed by atoms with E-state index in [2.05, 4.69) is 0 Å². The second kappa shape index (κ2) is 7.98. The summed E-state index contributed by atoms with van der Waals surface area (Å²) in [6, 6.07) is 0. The first-order chi connectivity index (χ1) is 7.20. The summed E-state index contributed by atoms with van der Waals surface area (Å²) in [6.45, 7) is -0.619. The average Bonchev–Trinajstić information content (AvgIpc) is 2.26. The number of β-amino-alcohol motifs (C(OH)–C–C–N with tert-alkyl or cyclic N) is 2. The van der Waals surface area contributed by atoms with Gasteiger partial charge in [-0.25, -0.2) is 0 Å². The summed E-state index contributed by atoms with van der Waals surface area (Å²) in [5.41, 5.74) is -0.972. The van der Waals surface area contributed by atoms with Crippen molar-refractivity contribution in [3.05, 3.63) is 0 Å². The van der Waals surface area contributed by atoms with E-state index < -0.39 is 5.54 Å². The summed E-state index contributed by atoms with van der Waals surface area (Å²) >= 11 is 0. The number of aliphatic hydroxyl groups excluding tert-OH is 5. The molecule has 0 aromatic rings. The Morgan fingerprint density at radius 3 is 1.47 bits per heavy atom. The van der Waals surface area contributed by atoms with Gasteiger partial charge < -0.3 is 25.5 Å². The summed E-state index contributed by atoms with van der Waals surface area (Å²) in [7, 11) is 0. The molecule has 0 aromatic carbocycles. The molecule has 0 unspecified atom stereocenters. The van der Waals surface area contributed by atoms with Gasteiger partial charge in [-0.1, -0.05) is 0 Å². The van der Waals surface area contributed by atoms with Gasteiger partial charge in [0.1, 0.15) is 0 Å². The van der Waals surface area contributed by atoms with Gasteiger partial charge in [0.2, 0.25) is 0 Å². The van der Waals surface area contributed by atoms with Crippen molar-refractivity contribution in [2.24, 2.45) is 0 Å².